The number of rotatable bonds is 6. The van der Waals surface area contributed by atoms with Gasteiger partial charge < -0.3 is 10.2 Å². The summed E-state index contributed by atoms with van der Waals surface area (Å²) in [5.74, 6) is -0.129. The van der Waals surface area contributed by atoms with E-state index in [2.05, 4.69) is 15.4 Å². The lowest BCUT2D eigenvalue weighted by Crippen LogP contribution is -2.35. The van der Waals surface area contributed by atoms with E-state index in [0.717, 1.165) is 33.6 Å². The number of nitrogens with one attached hydrogen (secondary N) is 1. The van der Waals surface area contributed by atoms with Gasteiger partial charge in [-0.1, -0.05) is 66.2 Å². The summed E-state index contributed by atoms with van der Waals surface area (Å²) in [6.45, 7) is 5.81. The minimum Gasteiger partial charge on any atom is -0.330 e. The van der Waals surface area contributed by atoms with Crippen LogP contribution < -0.4 is 5.32 Å². The summed E-state index contributed by atoms with van der Waals surface area (Å²) in [4.78, 5) is 31.7. The van der Waals surface area contributed by atoms with Crippen LogP contribution in [-0.4, -0.2) is 45.1 Å². The fourth-order valence-corrected chi connectivity index (χ4v) is 3.94. The van der Waals surface area contributed by atoms with Gasteiger partial charge in [-0.3, -0.25) is 9.59 Å². The normalized spacial score (nSPS) is 10.7. The van der Waals surface area contributed by atoms with Gasteiger partial charge >= 0.3 is 0 Å². The predicted octanol–water partition coefficient (Wildman–Crippen LogP) is 4.57. The molecule has 4 rings (SSSR count). The minimum absolute atomic E-state index is 0.0284. The molecule has 7 nitrogen and oxygen atoms in total. The third-order valence-corrected chi connectivity index (χ3v) is 5.50. The van der Waals surface area contributed by atoms with E-state index in [-0.39, 0.29) is 18.3 Å². The molecular weight excluding hydrogens is 426 g/mol. The quantitative estimate of drug-likeness (QED) is 0.464. The van der Waals surface area contributed by atoms with E-state index < -0.39 is 5.91 Å². The first-order valence-corrected chi connectivity index (χ1v) is 11.0. The Kier molecular flexibility index (Phi) is 6.54. The van der Waals surface area contributed by atoms with Crippen LogP contribution in [0.1, 0.15) is 27.3 Å². The first kappa shape index (κ1) is 22.9. The van der Waals surface area contributed by atoms with Crippen LogP contribution in [0.5, 0.6) is 0 Å². The number of aryl methyl sites for hydroxylation is 3. The molecule has 0 aliphatic carbocycles. The van der Waals surface area contributed by atoms with Gasteiger partial charge in [0.25, 0.3) is 5.91 Å². The van der Waals surface area contributed by atoms with E-state index >= 15 is 0 Å². The van der Waals surface area contributed by atoms with Crippen molar-refractivity contribution in [3.63, 3.8) is 0 Å². The minimum atomic E-state index is -0.431. The average molecular weight is 454 g/mol. The second kappa shape index (κ2) is 9.70. The molecule has 7 heteroatoms. The van der Waals surface area contributed by atoms with Gasteiger partial charge in [-0.05, 0) is 44.0 Å². The fourth-order valence-electron chi connectivity index (χ4n) is 3.94. The number of amides is 2. The molecule has 0 saturated carbocycles. The second-order valence-corrected chi connectivity index (χ2v) is 8.36. The second-order valence-electron chi connectivity index (χ2n) is 8.36. The van der Waals surface area contributed by atoms with Crippen LogP contribution in [-0.2, 0) is 4.79 Å². The molecule has 0 spiro atoms. The zero-order chi connectivity index (χ0) is 24.2. The van der Waals surface area contributed by atoms with Crippen LogP contribution in [0.15, 0.2) is 72.8 Å². The summed E-state index contributed by atoms with van der Waals surface area (Å²) in [6.07, 6.45) is 0. The summed E-state index contributed by atoms with van der Waals surface area (Å²) in [5.41, 5.74) is 5.50. The molecule has 1 heterocycles. The van der Waals surface area contributed by atoms with E-state index in [1.807, 2.05) is 93.6 Å². The number of nitrogens with zero attached hydrogens (tertiary/aromatic N) is 4. The number of benzene rings is 3. The molecule has 0 unspecified atom stereocenters. The van der Waals surface area contributed by atoms with Crippen molar-refractivity contribution in [3.05, 3.63) is 95.3 Å². The third kappa shape index (κ3) is 4.88. The van der Waals surface area contributed by atoms with Crippen molar-refractivity contribution in [2.24, 2.45) is 0 Å². The van der Waals surface area contributed by atoms with Gasteiger partial charge in [0.2, 0.25) is 11.7 Å². The van der Waals surface area contributed by atoms with Crippen molar-refractivity contribution in [2.45, 2.75) is 20.8 Å². The number of hydrogen-bond donors (Lipinski definition) is 1. The molecule has 0 saturated heterocycles. The van der Waals surface area contributed by atoms with Crippen molar-refractivity contribution >= 4 is 17.5 Å². The first-order valence-electron chi connectivity index (χ1n) is 11.0. The smallest absolute Gasteiger partial charge is 0.293 e. The number of likely N-dealkylation sites (N-methyl/N-ethyl adjacent to an activating group) is 1. The first-order chi connectivity index (χ1) is 16.3. The molecule has 34 heavy (non-hydrogen) atoms. The largest absolute Gasteiger partial charge is 0.330 e. The Labute approximate surface area is 199 Å². The molecule has 3 aromatic carbocycles. The van der Waals surface area contributed by atoms with E-state index in [0.29, 0.717) is 5.82 Å². The maximum atomic E-state index is 13.1. The molecule has 0 fully saturated rings. The van der Waals surface area contributed by atoms with Crippen LogP contribution in [0.25, 0.3) is 17.1 Å². The number of anilines is 1. The van der Waals surface area contributed by atoms with Crippen LogP contribution in [0.3, 0.4) is 0 Å². The summed E-state index contributed by atoms with van der Waals surface area (Å²) in [7, 11) is 1.57. The summed E-state index contributed by atoms with van der Waals surface area (Å²) < 4.78 is 1.65. The number of para-hydroxylation sites is 1. The SMILES string of the molecule is Cc1cc(C)c(NC(=O)CN(C)C(=O)c2nc(-c3ccccc3)n(-c3ccccc3)n2)c(C)c1. The standard InChI is InChI=1S/C27H27N5O2/c1-18-15-19(2)24(20(3)16-18)28-23(33)17-31(4)27(34)25-29-26(21-11-7-5-8-12-21)32(30-25)22-13-9-6-10-14-22/h5-16H,17H2,1-4H3,(H,28,33). The van der Waals surface area contributed by atoms with Crippen LogP contribution in [0, 0.1) is 20.8 Å². The van der Waals surface area contributed by atoms with Gasteiger partial charge in [0.1, 0.15) is 0 Å². The van der Waals surface area contributed by atoms with E-state index in [1.165, 1.54) is 4.90 Å². The summed E-state index contributed by atoms with van der Waals surface area (Å²) in [6, 6.07) is 23.1. The highest BCUT2D eigenvalue weighted by molar-refractivity contribution is 5.98. The highest BCUT2D eigenvalue weighted by Crippen LogP contribution is 2.23. The fraction of sp³-hybridized carbons (Fsp3) is 0.185. The van der Waals surface area contributed by atoms with Crippen molar-refractivity contribution in [2.75, 3.05) is 18.9 Å². The molecule has 0 aliphatic heterocycles. The van der Waals surface area contributed by atoms with Gasteiger partial charge in [-0.2, -0.15) is 0 Å². The highest BCUT2D eigenvalue weighted by atomic mass is 16.2. The van der Waals surface area contributed by atoms with Gasteiger partial charge in [0.05, 0.1) is 12.2 Å². The Morgan fingerprint density at radius 2 is 1.50 bits per heavy atom. The van der Waals surface area contributed by atoms with E-state index in [9.17, 15) is 9.59 Å². The van der Waals surface area contributed by atoms with Gasteiger partial charge in [-0.15, -0.1) is 5.10 Å². The Bertz CT molecular complexity index is 1250. The van der Waals surface area contributed by atoms with Crippen molar-refractivity contribution in [1.29, 1.82) is 0 Å². The molecule has 1 N–H and O–H groups in total. The molecule has 2 amide bonds. The van der Waals surface area contributed by atoms with Crippen molar-refractivity contribution in [1.82, 2.24) is 19.7 Å². The van der Waals surface area contributed by atoms with Crippen LogP contribution in [0.4, 0.5) is 5.69 Å². The molecule has 0 aliphatic rings. The number of aromatic nitrogens is 3. The Morgan fingerprint density at radius 3 is 2.12 bits per heavy atom. The summed E-state index contributed by atoms with van der Waals surface area (Å²) >= 11 is 0. The summed E-state index contributed by atoms with van der Waals surface area (Å²) in [5, 5.41) is 7.42. The molecule has 0 atom stereocenters. The maximum absolute atomic E-state index is 13.1. The average Bonchev–Trinajstić information content (AvgIpc) is 3.27. The van der Waals surface area contributed by atoms with Gasteiger partial charge in [-0.25, -0.2) is 9.67 Å². The van der Waals surface area contributed by atoms with Crippen molar-refractivity contribution < 1.29 is 9.59 Å². The number of hydrogen-bond acceptors (Lipinski definition) is 4. The van der Waals surface area contributed by atoms with E-state index in [1.54, 1.807) is 11.7 Å². The molecule has 0 radical (unpaired) electrons. The molecular formula is C27H27N5O2. The lowest BCUT2D eigenvalue weighted by Gasteiger charge is -2.17. The molecule has 172 valence electrons. The maximum Gasteiger partial charge on any atom is 0.293 e. The van der Waals surface area contributed by atoms with Gasteiger partial charge in [0.15, 0.2) is 5.82 Å². The molecule has 4 aromatic rings. The predicted molar refractivity (Wildman–Crippen MR) is 133 cm³/mol. The van der Waals surface area contributed by atoms with Crippen molar-refractivity contribution in [3.8, 4) is 17.1 Å². The zero-order valence-corrected chi connectivity index (χ0v) is 19.7. The van der Waals surface area contributed by atoms with Crippen LogP contribution in [0.2, 0.25) is 0 Å². The zero-order valence-electron chi connectivity index (χ0n) is 19.7. The lowest BCUT2D eigenvalue weighted by atomic mass is 10.1. The Morgan fingerprint density at radius 1 is 0.912 bits per heavy atom. The monoisotopic (exact) mass is 453 g/mol. The number of carbonyl (C=O) groups is 2. The van der Waals surface area contributed by atoms with Crippen LogP contribution >= 0.6 is 0 Å². The number of carbonyl (C=O) groups excluding carboxylic acids is 2. The molecule has 1 aromatic heterocycles. The highest BCUT2D eigenvalue weighted by Gasteiger charge is 2.23. The molecule has 0 bridgehead atoms. The van der Waals surface area contributed by atoms with E-state index in [4.69, 9.17) is 0 Å². The lowest BCUT2D eigenvalue weighted by molar-refractivity contribution is -0.116. The topological polar surface area (TPSA) is 80.1 Å². The third-order valence-electron chi connectivity index (χ3n) is 5.50. The Balaban J connectivity index is 1.57. The van der Waals surface area contributed by atoms with Gasteiger partial charge in [0, 0.05) is 18.3 Å². The Hall–Kier alpha value is -4.26.